The van der Waals surface area contributed by atoms with Crippen molar-refractivity contribution in [3.63, 3.8) is 0 Å². The molecule has 0 atom stereocenters. The summed E-state index contributed by atoms with van der Waals surface area (Å²) in [6.07, 6.45) is 4.36. The first-order chi connectivity index (χ1) is 8.27. The van der Waals surface area contributed by atoms with Gasteiger partial charge in [0, 0.05) is 25.0 Å². The van der Waals surface area contributed by atoms with Gasteiger partial charge >= 0.3 is 5.97 Å². The van der Waals surface area contributed by atoms with E-state index in [0.717, 1.165) is 31.5 Å². The smallest absolute Gasteiger partial charge is 0.356 e. The Labute approximate surface area is 101 Å². The number of methoxy groups -OCH3 is 1. The van der Waals surface area contributed by atoms with Gasteiger partial charge in [0.05, 0.1) is 7.11 Å². The Morgan fingerprint density at radius 3 is 3.00 bits per heavy atom. The minimum Gasteiger partial charge on any atom is -0.464 e. The topological polar surface area (TPSA) is 71.5 Å². The minimum absolute atomic E-state index is 0.238. The molecule has 1 aromatic rings. The van der Waals surface area contributed by atoms with E-state index in [1.807, 2.05) is 0 Å². The number of hydrogen-bond donors (Lipinski definition) is 2. The third kappa shape index (κ3) is 4.82. The SMILES string of the molecule is COC(=O)c1cc(NCCCCCO)ccn1. The normalized spacial score (nSPS) is 10.0. The van der Waals surface area contributed by atoms with Crippen molar-refractivity contribution in [2.24, 2.45) is 0 Å². The standard InChI is InChI=1S/C12H18N2O3/c1-17-12(16)11-9-10(5-7-14-11)13-6-3-2-4-8-15/h5,7,9,15H,2-4,6,8H2,1H3,(H,13,14). The lowest BCUT2D eigenvalue weighted by Gasteiger charge is -2.06. The fourth-order valence-corrected chi connectivity index (χ4v) is 1.40. The van der Waals surface area contributed by atoms with Crippen molar-refractivity contribution in [1.82, 2.24) is 4.98 Å². The van der Waals surface area contributed by atoms with Crippen LogP contribution in [0.3, 0.4) is 0 Å². The predicted molar refractivity (Wildman–Crippen MR) is 65.0 cm³/mol. The van der Waals surface area contributed by atoms with Gasteiger partial charge in [0.15, 0.2) is 0 Å². The summed E-state index contributed by atoms with van der Waals surface area (Å²) in [7, 11) is 1.33. The maximum atomic E-state index is 11.2. The maximum Gasteiger partial charge on any atom is 0.356 e. The van der Waals surface area contributed by atoms with E-state index in [-0.39, 0.29) is 6.61 Å². The molecule has 0 amide bonds. The lowest BCUT2D eigenvalue weighted by Crippen LogP contribution is -2.07. The minimum atomic E-state index is -0.436. The lowest BCUT2D eigenvalue weighted by molar-refractivity contribution is 0.0594. The molecule has 5 nitrogen and oxygen atoms in total. The summed E-state index contributed by atoms with van der Waals surface area (Å²) in [6, 6.07) is 3.47. The molecular weight excluding hydrogens is 220 g/mol. The van der Waals surface area contributed by atoms with Gasteiger partial charge in [-0.3, -0.25) is 0 Å². The molecule has 0 saturated heterocycles. The largest absolute Gasteiger partial charge is 0.464 e. The summed E-state index contributed by atoms with van der Waals surface area (Å²) in [5.74, 6) is -0.436. The molecule has 17 heavy (non-hydrogen) atoms. The molecule has 0 aliphatic heterocycles. The van der Waals surface area contributed by atoms with Crippen LogP contribution < -0.4 is 5.32 Å². The second-order valence-electron chi connectivity index (χ2n) is 3.63. The van der Waals surface area contributed by atoms with Gasteiger partial charge in [-0.05, 0) is 31.4 Å². The molecule has 0 fully saturated rings. The number of aliphatic hydroxyl groups excluding tert-OH is 1. The van der Waals surface area contributed by atoms with Crippen LogP contribution in [0.25, 0.3) is 0 Å². The van der Waals surface area contributed by atoms with Crippen LogP contribution in [0.15, 0.2) is 18.3 Å². The first-order valence-electron chi connectivity index (χ1n) is 5.67. The van der Waals surface area contributed by atoms with Crippen LogP contribution in [0.4, 0.5) is 5.69 Å². The van der Waals surface area contributed by atoms with E-state index in [0.29, 0.717) is 5.69 Å². The third-order valence-electron chi connectivity index (χ3n) is 2.32. The van der Waals surface area contributed by atoms with E-state index in [1.54, 1.807) is 18.3 Å². The summed E-state index contributed by atoms with van der Waals surface area (Å²) in [6.45, 7) is 1.05. The Balaban J connectivity index is 2.40. The van der Waals surface area contributed by atoms with Crippen LogP contribution in [0.5, 0.6) is 0 Å². The van der Waals surface area contributed by atoms with Gasteiger partial charge in [0.25, 0.3) is 0 Å². The van der Waals surface area contributed by atoms with Gasteiger partial charge in [-0.1, -0.05) is 0 Å². The number of carbonyl (C=O) groups is 1. The summed E-state index contributed by atoms with van der Waals surface area (Å²) in [5, 5.41) is 11.8. The highest BCUT2D eigenvalue weighted by atomic mass is 16.5. The number of hydrogen-bond acceptors (Lipinski definition) is 5. The highest BCUT2D eigenvalue weighted by molar-refractivity contribution is 5.88. The fourth-order valence-electron chi connectivity index (χ4n) is 1.40. The zero-order chi connectivity index (χ0) is 12.5. The summed E-state index contributed by atoms with van der Waals surface area (Å²) in [5.41, 5.74) is 1.15. The van der Waals surface area contributed by atoms with Gasteiger partial charge in [-0.2, -0.15) is 0 Å². The summed E-state index contributed by atoms with van der Waals surface area (Å²) < 4.78 is 4.59. The summed E-state index contributed by atoms with van der Waals surface area (Å²) in [4.78, 5) is 15.2. The average Bonchev–Trinajstić information content (AvgIpc) is 2.38. The molecule has 1 heterocycles. The highest BCUT2D eigenvalue weighted by Crippen LogP contribution is 2.09. The lowest BCUT2D eigenvalue weighted by atomic mass is 10.2. The van der Waals surface area contributed by atoms with E-state index in [9.17, 15) is 4.79 Å². The van der Waals surface area contributed by atoms with Gasteiger partial charge in [-0.15, -0.1) is 0 Å². The van der Waals surface area contributed by atoms with Gasteiger partial charge in [0.2, 0.25) is 0 Å². The zero-order valence-electron chi connectivity index (χ0n) is 9.98. The first-order valence-corrected chi connectivity index (χ1v) is 5.67. The van der Waals surface area contributed by atoms with E-state index in [1.165, 1.54) is 7.11 Å². The molecule has 5 heteroatoms. The molecule has 1 aromatic heterocycles. The molecular formula is C12H18N2O3. The van der Waals surface area contributed by atoms with Crippen molar-refractivity contribution in [2.45, 2.75) is 19.3 Å². The second-order valence-corrected chi connectivity index (χ2v) is 3.63. The number of aliphatic hydroxyl groups is 1. The predicted octanol–water partition coefficient (Wildman–Crippen LogP) is 1.44. The number of nitrogens with zero attached hydrogens (tertiary/aromatic N) is 1. The number of carbonyl (C=O) groups excluding carboxylic acids is 1. The van der Waals surface area contributed by atoms with Crippen molar-refractivity contribution < 1.29 is 14.6 Å². The van der Waals surface area contributed by atoms with Crippen molar-refractivity contribution in [1.29, 1.82) is 0 Å². The maximum absolute atomic E-state index is 11.2. The van der Waals surface area contributed by atoms with Crippen molar-refractivity contribution in [2.75, 3.05) is 25.6 Å². The van der Waals surface area contributed by atoms with Gasteiger partial charge in [-0.25, -0.2) is 9.78 Å². The molecule has 94 valence electrons. The molecule has 1 rings (SSSR count). The van der Waals surface area contributed by atoms with Crippen LogP contribution in [-0.2, 0) is 4.74 Å². The average molecular weight is 238 g/mol. The molecule has 0 aliphatic rings. The Morgan fingerprint density at radius 2 is 2.29 bits per heavy atom. The number of rotatable bonds is 7. The molecule has 0 aliphatic carbocycles. The van der Waals surface area contributed by atoms with E-state index < -0.39 is 5.97 Å². The number of esters is 1. The van der Waals surface area contributed by atoms with E-state index >= 15 is 0 Å². The quantitative estimate of drug-likeness (QED) is 0.555. The number of nitrogens with one attached hydrogen (secondary N) is 1. The van der Waals surface area contributed by atoms with Crippen molar-refractivity contribution in [3.05, 3.63) is 24.0 Å². The third-order valence-corrected chi connectivity index (χ3v) is 2.32. The van der Waals surface area contributed by atoms with Crippen LogP contribution in [0, 0.1) is 0 Å². The molecule has 0 aromatic carbocycles. The highest BCUT2D eigenvalue weighted by Gasteiger charge is 2.06. The van der Waals surface area contributed by atoms with Crippen LogP contribution in [0.1, 0.15) is 29.8 Å². The molecule has 2 N–H and O–H groups in total. The summed E-state index contributed by atoms with van der Waals surface area (Å²) >= 11 is 0. The van der Waals surface area contributed by atoms with Crippen LogP contribution in [0.2, 0.25) is 0 Å². The number of aromatic nitrogens is 1. The Bertz CT molecular complexity index is 355. The van der Waals surface area contributed by atoms with Crippen molar-refractivity contribution >= 4 is 11.7 Å². The molecule has 0 unspecified atom stereocenters. The van der Waals surface area contributed by atoms with E-state index in [4.69, 9.17) is 5.11 Å². The fraction of sp³-hybridized carbons (Fsp3) is 0.500. The number of unbranched alkanes of at least 4 members (excludes halogenated alkanes) is 2. The van der Waals surface area contributed by atoms with Crippen LogP contribution >= 0.6 is 0 Å². The Hall–Kier alpha value is -1.62. The Morgan fingerprint density at radius 1 is 1.47 bits per heavy atom. The molecule has 0 bridgehead atoms. The number of pyridine rings is 1. The van der Waals surface area contributed by atoms with E-state index in [2.05, 4.69) is 15.0 Å². The molecule has 0 saturated carbocycles. The van der Waals surface area contributed by atoms with Crippen molar-refractivity contribution in [3.8, 4) is 0 Å². The van der Waals surface area contributed by atoms with Gasteiger partial charge < -0.3 is 15.2 Å². The van der Waals surface area contributed by atoms with Crippen LogP contribution in [-0.4, -0.2) is 36.3 Å². The number of ether oxygens (including phenoxy) is 1. The Kier molecular flexibility index (Phi) is 6.03. The zero-order valence-corrected chi connectivity index (χ0v) is 9.98. The monoisotopic (exact) mass is 238 g/mol. The second kappa shape index (κ2) is 7.62. The van der Waals surface area contributed by atoms with Gasteiger partial charge in [0.1, 0.15) is 5.69 Å². The molecule has 0 radical (unpaired) electrons. The molecule has 0 spiro atoms. The number of anilines is 1. The first kappa shape index (κ1) is 13.4.